The number of hydrogen-bond acceptors (Lipinski definition) is 10. The number of nitrogens with zero attached hydrogens (tertiary/aromatic N) is 4. The molecule has 0 radical (unpaired) electrons. The zero-order valence-electron chi connectivity index (χ0n) is 35.7. The van der Waals surface area contributed by atoms with Crippen molar-refractivity contribution in [3.63, 3.8) is 0 Å². The molecule has 1 aromatic carbocycles. The Morgan fingerprint density at radius 2 is 1.81 bits per heavy atom. The molecule has 62 heavy (non-hydrogen) atoms. The first-order chi connectivity index (χ1) is 29.3. The van der Waals surface area contributed by atoms with Crippen molar-refractivity contribution in [3.8, 4) is 5.88 Å². The van der Waals surface area contributed by atoms with E-state index in [4.69, 9.17) is 9.47 Å². The number of carbonyl (C=O) groups is 4. The van der Waals surface area contributed by atoms with Crippen LogP contribution >= 0.6 is 0 Å². The number of anilines is 1. The third-order valence-electron chi connectivity index (χ3n) is 13.7. The van der Waals surface area contributed by atoms with Gasteiger partial charge in [-0.25, -0.2) is 22.6 Å². The Bertz CT molecular complexity index is 2220. The molecule has 2 saturated heterocycles. The van der Waals surface area contributed by atoms with Crippen LogP contribution in [0.15, 0.2) is 42.6 Å². The number of halogens is 3. The number of aromatic nitrogens is 1. The smallest absolute Gasteiger partial charge is 0.408 e. The number of sulfonamides is 1. The van der Waals surface area contributed by atoms with E-state index in [9.17, 15) is 32.3 Å². The van der Waals surface area contributed by atoms with Crippen LogP contribution in [0.3, 0.4) is 0 Å². The number of nitrogens with one attached hydrogen (secondary N) is 2. The summed E-state index contributed by atoms with van der Waals surface area (Å²) < 4.78 is 88.1. The van der Waals surface area contributed by atoms with Crippen molar-refractivity contribution in [1.29, 1.82) is 0 Å². The third kappa shape index (κ3) is 7.96. The Hall–Kier alpha value is -4.65. The molecule has 1 aromatic heterocycles. The molecule has 8 atom stereocenters. The highest BCUT2D eigenvalue weighted by Crippen LogP contribution is 2.52. The van der Waals surface area contributed by atoms with E-state index in [1.54, 1.807) is 57.2 Å². The number of carbonyl (C=O) groups excluding carboxylic acids is 3. The number of morpholine rings is 1. The summed E-state index contributed by atoms with van der Waals surface area (Å²) in [6.45, 7) is 8.74. The van der Waals surface area contributed by atoms with E-state index in [1.165, 1.54) is 6.20 Å². The first-order valence-electron chi connectivity index (χ1n) is 21.5. The molecule has 5 aliphatic rings. The molecule has 3 N–H and O–H groups in total. The van der Waals surface area contributed by atoms with E-state index in [1.807, 2.05) is 11.6 Å². The summed E-state index contributed by atoms with van der Waals surface area (Å²) in [5.74, 6) is -5.59. The van der Waals surface area contributed by atoms with Crippen molar-refractivity contribution >= 4 is 50.3 Å². The van der Waals surface area contributed by atoms with Gasteiger partial charge < -0.3 is 24.8 Å². The quantitative estimate of drug-likeness (QED) is 0.205. The Kier molecular flexibility index (Phi) is 12.3. The van der Waals surface area contributed by atoms with Gasteiger partial charge in [0, 0.05) is 42.2 Å². The Morgan fingerprint density at radius 1 is 1.13 bits per heavy atom. The average Bonchev–Trinajstić information content (AvgIpc) is 4.15. The summed E-state index contributed by atoms with van der Waals surface area (Å²) in [7, 11) is -4.55. The third-order valence-corrected chi connectivity index (χ3v) is 15.9. The van der Waals surface area contributed by atoms with E-state index in [0.29, 0.717) is 49.9 Å². The Morgan fingerprint density at radius 3 is 2.44 bits per heavy atom. The molecule has 340 valence electrons. The second kappa shape index (κ2) is 16.8. The highest BCUT2D eigenvalue weighted by molar-refractivity contribution is 7.91. The maximum Gasteiger partial charge on any atom is 0.408 e. The first kappa shape index (κ1) is 45.4. The summed E-state index contributed by atoms with van der Waals surface area (Å²) in [5.41, 5.74) is -3.89. The van der Waals surface area contributed by atoms with Gasteiger partial charge in [-0.15, -0.1) is 0 Å². The van der Waals surface area contributed by atoms with Gasteiger partial charge in [-0.1, -0.05) is 51.1 Å². The summed E-state index contributed by atoms with van der Waals surface area (Å²) in [6.07, 6.45) is 4.03. The lowest BCUT2D eigenvalue weighted by Crippen LogP contribution is -2.64. The number of benzene rings is 1. The minimum atomic E-state index is -4.55. The molecule has 4 amide bonds. The lowest BCUT2D eigenvalue weighted by Gasteiger charge is -2.42. The van der Waals surface area contributed by atoms with Crippen LogP contribution in [0.1, 0.15) is 86.0 Å². The van der Waals surface area contributed by atoms with Crippen LogP contribution in [0.4, 0.5) is 23.7 Å². The van der Waals surface area contributed by atoms with E-state index in [0.717, 1.165) is 17.5 Å². The number of alkyl halides is 3. The molecule has 0 spiro atoms. The summed E-state index contributed by atoms with van der Waals surface area (Å²) >= 11 is 0. The minimum Gasteiger partial charge on any atom is -0.465 e. The second-order valence-electron chi connectivity index (χ2n) is 18.1. The summed E-state index contributed by atoms with van der Waals surface area (Å²) in [4.78, 5) is 64.6. The number of allylic oxidation sites excluding steroid dienone is 1. The number of ether oxygens (including phenoxy) is 2. The maximum atomic E-state index is 17.8. The number of fused-ring (bicyclic) bond motifs is 3. The molecule has 15 nitrogen and oxygen atoms in total. The van der Waals surface area contributed by atoms with Crippen LogP contribution in [0.5, 0.6) is 5.88 Å². The van der Waals surface area contributed by atoms with E-state index >= 15 is 13.6 Å². The van der Waals surface area contributed by atoms with Gasteiger partial charge in [0.1, 0.15) is 29.0 Å². The molecule has 4 heterocycles. The number of amides is 4. The molecule has 2 aliphatic carbocycles. The maximum absolute atomic E-state index is 17.8. The van der Waals surface area contributed by atoms with Crippen LogP contribution in [-0.2, 0) is 29.1 Å². The number of rotatable bonds is 10. The molecular formula is C43H57F3N6O9S. The fraction of sp³-hybridized carbons (Fsp3) is 0.651. The minimum absolute atomic E-state index is 0.0104. The topological polar surface area (TPSA) is 188 Å². The molecule has 19 heteroatoms. The highest BCUT2D eigenvalue weighted by atomic mass is 32.2. The molecule has 2 aromatic rings. The fourth-order valence-electron chi connectivity index (χ4n) is 9.44. The van der Waals surface area contributed by atoms with Crippen LogP contribution in [-0.4, -0.2) is 125 Å². The van der Waals surface area contributed by atoms with Gasteiger partial charge in [0.2, 0.25) is 21.8 Å². The van der Waals surface area contributed by atoms with Gasteiger partial charge in [0.05, 0.1) is 25.1 Å². The van der Waals surface area contributed by atoms with Crippen molar-refractivity contribution in [1.82, 2.24) is 24.8 Å². The largest absolute Gasteiger partial charge is 0.465 e. The van der Waals surface area contributed by atoms with Crippen LogP contribution in [0.25, 0.3) is 10.8 Å². The number of hydrogen-bond donors (Lipinski definition) is 3. The van der Waals surface area contributed by atoms with E-state index in [2.05, 4.69) is 15.2 Å². The first-order valence-corrected chi connectivity index (χ1v) is 23.0. The van der Waals surface area contributed by atoms with Crippen molar-refractivity contribution in [3.05, 3.63) is 42.6 Å². The lowest BCUT2D eigenvalue weighted by molar-refractivity contribution is -0.219. The average molecular weight is 891 g/mol. The Labute approximate surface area is 359 Å². The lowest BCUT2D eigenvalue weighted by atomic mass is 9.86. The molecule has 7 rings (SSSR count). The highest BCUT2D eigenvalue weighted by Gasteiger charge is 2.71. The van der Waals surface area contributed by atoms with Gasteiger partial charge in [0.25, 0.3) is 11.8 Å². The SMILES string of the molecule is CCC(C)N(C(=O)O)[C@@H]1C(=O)N2[C@@H](C[C@@](C)(Oc3ncc(N4CCOCC4)c4ccccc34)C2(F)F)C(=O)N[C@]2(C(=O)NS(=O)(=O)C3(CF)CC3)C[C@H]2/C=C\CC[C@H](C)C[C@H]1C. The standard InChI is InChI=1S/C43H57F3N6O9S/c1-6-28(4)51(39(56)57)34-27(3)21-26(2)11-7-8-12-29-22-42(29,38(55)49-62(58,59)41(25-44)15-16-41)48-35(53)32-23-40(5,43(45,46)52(32)37(34)54)61-36-31-14-10-9-13-30(31)33(24-47-36)50-17-19-60-20-18-50/h8-10,12-14,24,26-29,32,34H,6-7,11,15-23,25H2,1-5H3,(H,48,53)(H,49,55)(H,56,57)/b12-8-/t26-,27+,28?,29+,32-,34-,40+,42+/m0/s1. The fourth-order valence-corrected chi connectivity index (χ4v) is 10.9. The molecular weight excluding hydrogens is 834 g/mol. The van der Waals surface area contributed by atoms with E-state index in [-0.39, 0.29) is 48.8 Å². The van der Waals surface area contributed by atoms with E-state index < -0.39 is 98.8 Å². The van der Waals surface area contributed by atoms with Gasteiger partial charge in [-0.3, -0.25) is 28.9 Å². The zero-order chi connectivity index (χ0) is 45.0. The molecule has 0 bridgehead atoms. The molecule has 3 aliphatic heterocycles. The van der Waals surface area contributed by atoms with Gasteiger partial charge in [0.15, 0.2) is 5.60 Å². The van der Waals surface area contributed by atoms with Crippen LogP contribution in [0, 0.1) is 17.8 Å². The molecule has 4 fully saturated rings. The van der Waals surface area contributed by atoms with Crippen LogP contribution in [0.2, 0.25) is 0 Å². The number of carboxylic acid groups (broad SMARTS) is 1. The Balaban J connectivity index is 1.33. The second-order valence-corrected chi connectivity index (χ2v) is 20.2. The van der Waals surface area contributed by atoms with Crippen LogP contribution < -0.4 is 19.7 Å². The van der Waals surface area contributed by atoms with Crippen molar-refractivity contribution < 1.29 is 55.3 Å². The van der Waals surface area contributed by atoms with Gasteiger partial charge in [-0.05, 0) is 76.7 Å². The summed E-state index contributed by atoms with van der Waals surface area (Å²) in [5, 5.41) is 14.2. The predicted molar refractivity (Wildman–Crippen MR) is 223 cm³/mol. The van der Waals surface area contributed by atoms with Crippen molar-refractivity contribution in [2.75, 3.05) is 37.9 Å². The van der Waals surface area contributed by atoms with Gasteiger partial charge >= 0.3 is 12.1 Å². The van der Waals surface area contributed by atoms with Crippen molar-refractivity contribution in [2.45, 2.75) is 126 Å². The zero-order valence-corrected chi connectivity index (χ0v) is 36.6. The predicted octanol–water partition coefficient (Wildman–Crippen LogP) is 5.39. The number of pyridine rings is 1. The molecule has 2 saturated carbocycles. The summed E-state index contributed by atoms with van der Waals surface area (Å²) in [6, 6.07) is -1.89. The monoisotopic (exact) mass is 890 g/mol. The normalized spacial score (nSPS) is 32.0. The molecule has 1 unspecified atom stereocenters. The van der Waals surface area contributed by atoms with Crippen molar-refractivity contribution in [2.24, 2.45) is 17.8 Å². The van der Waals surface area contributed by atoms with Gasteiger partial charge in [-0.2, -0.15) is 8.78 Å².